The normalized spacial score (nSPS) is 16.9. The Morgan fingerprint density at radius 3 is 1.73 bits per heavy atom. The van der Waals surface area contributed by atoms with Crippen LogP contribution in [0.5, 0.6) is 0 Å². The minimum Gasteiger partial charge on any atom is -0.481 e. The van der Waals surface area contributed by atoms with Crippen LogP contribution in [-0.4, -0.2) is 70.6 Å². The Labute approximate surface area is 415 Å². The summed E-state index contributed by atoms with van der Waals surface area (Å²) in [5.74, 6) is -2.00. The Hall–Kier alpha value is -3.81. The van der Waals surface area contributed by atoms with Crippen LogP contribution in [0.15, 0.2) is 72.3 Å². The molecule has 0 saturated carbocycles. The second-order valence-corrected chi connectivity index (χ2v) is 25.2. The average Bonchev–Trinajstić information content (AvgIpc) is 4.03. The number of aromatic nitrogens is 4. The molecule has 12 nitrogen and oxygen atoms in total. The van der Waals surface area contributed by atoms with Gasteiger partial charge in [-0.1, -0.05) is 40.9 Å². The molecule has 0 spiro atoms. The number of halogens is 5. The molecule has 2 unspecified atom stereocenters. The number of hydrogen-bond acceptors (Lipinski definition) is 9. The number of benzene rings is 2. The van der Waals surface area contributed by atoms with E-state index in [2.05, 4.69) is 47.1 Å². The maximum atomic E-state index is 12.3. The van der Waals surface area contributed by atoms with Gasteiger partial charge in [-0.3, -0.25) is 14.6 Å². The molecule has 10 rings (SSSR count). The van der Waals surface area contributed by atoms with E-state index < -0.39 is 31.6 Å². The molecular weight excluding hydrogens is 1100 g/mol. The maximum absolute atomic E-state index is 12.3. The number of fused-ring (bicyclic) bond motifs is 8. The van der Waals surface area contributed by atoms with Crippen LogP contribution in [0.4, 0.5) is 0 Å². The van der Waals surface area contributed by atoms with Gasteiger partial charge in [0.2, 0.25) is 0 Å². The Morgan fingerprint density at radius 1 is 0.727 bits per heavy atom. The number of aliphatic carboxylic acids is 2. The summed E-state index contributed by atoms with van der Waals surface area (Å²) in [4.78, 5) is 33.1. The van der Waals surface area contributed by atoms with Crippen molar-refractivity contribution in [2.45, 2.75) is 86.1 Å². The summed E-state index contributed by atoms with van der Waals surface area (Å²) >= 11 is 27.3. The van der Waals surface area contributed by atoms with Gasteiger partial charge < -0.3 is 19.3 Å². The van der Waals surface area contributed by atoms with E-state index in [1.54, 1.807) is 24.3 Å². The Morgan fingerprint density at radius 2 is 1.23 bits per heavy atom. The maximum Gasteiger partial charge on any atom is 0.304 e. The third kappa shape index (κ3) is 8.99. The average molecular weight is 1140 g/mol. The van der Waals surface area contributed by atoms with Gasteiger partial charge >= 0.3 is 11.9 Å². The number of allylic oxidation sites excluding steroid dienone is 1. The summed E-state index contributed by atoms with van der Waals surface area (Å²) in [6, 6.07) is 14.6. The van der Waals surface area contributed by atoms with Gasteiger partial charge in [0.05, 0.1) is 73.6 Å². The Kier molecular flexibility index (Phi) is 12.8. The van der Waals surface area contributed by atoms with Crippen molar-refractivity contribution in [3.8, 4) is 0 Å². The number of hydrogen-bond donors (Lipinski definition) is 2. The van der Waals surface area contributed by atoms with Gasteiger partial charge in [-0.25, -0.2) is 21.8 Å². The molecule has 0 aliphatic heterocycles. The number of carbonyl (C=O) groups is 2. The van der Waals surface area contributed by atoms with Gasteiger partial charge in [0, 0.05) is 60.5 Å². The van der Waals surface area contributed by atoms with Gasteiger partial charge in [0.1, 0.15) is 9.85 Å². The number of aryl methyl sites for hydroxylation is 3. The molecule has 0 saturated heterocycles. The first-order chi connectivity index (χ1) is 31.2. The van der Waals surface area contributed by atoms with Gasteiger partial charge in [-0.05, 0) is 136 Å². The predicted molar refractivity (Wildman–Crippen MR) is 266 cm³/mol. The number of nitrogens with zero attached hydrogens (tertiary/aromatic N) is 4. The molecule has 0 bridgehead atoms. The molecular formula is C46H39Br2Cl3N4O8S3. The topological polar surface area (TPSA) is 179 Å². The predicted octanol–water partition coefficient (Wildman–Crippen LogP) is 11.6. The zero-order valence-corrected chi connectivity index (χ0v) is 43.1. The molecule has 0 amide bonds. The monoisotopic (exact) mass is 1130 g/mol. The van der Waals surface area contributed by atoms with Crippen LogP contribution >= 0.6 is 78.0 Å². The molecule has 7 aromatic rings. The molecule has 3 aliphatic carbocycles. The van der Waals surface area contributed by atoms with E-state index in [-0.39, 0.29) is 34.5 Å². The van der Waals surface area contributed by atoms with Crippen molar-refractivity contribution in [1.82, 2.24) is 19.1 Å². The fourth-order valence-corrected chi connectivity index (χ4v) is 14.4. The molecule has 5 heterocycles. The van der Waals surface area contributed by atoms with Crippen LogP contribution in [0, 0.1) is 0 Å². The van der Waals surface area contributed by atoms with Crippen LogP contribution in [0.2, 0.25) is 9.36 Å². The lowest BCUT2D eigenvalue weighted by atomic mass is 10.0. The molecule has 3 aliphatic rings. The number of thiophene rings is 1. The highest BCUT2D eigenvalue weighted by molar-refractivity contribution is 9.11. The van der Waals surface area contributed by atoms with E-state index in [9.17, 15) is 36.6 Å². The van der Waals surface area contributed by atoms with Gasteiger partial charge in [0.25, 0.3) is 0 Å². The highest BCUT2D eigenvalue weighted by Gasteiger charge is 2.35. The molecule has 0 fully saturated rings. The van der Waals surface area contributed by atoms with E-state index in [0.29, 0.717) is 56.2 Å². The largest absolute Gasteiger partial charge is 0.481 e. The summed E-state index contributed by atoms with van der Waals surface area (Å²) in [6.07, 6.45) is 8.84. The van der Waals surface area contributed by atoms with Crippen LogP contribution in [-0.2, 0) is 61.6 Å². The smallest absolute Gasteiger partial charge is 0.304 e. The molecule has 5 aromatic heterocycles. The van der Waals surface area contributed by atoms with Crippen molar-refractivity contribution in [2.75, 3.05) is 12.5 Å². The second-order valence-electron chi connectivity index (χ2n) is 17.0. The quantitative estimate of drug-likeness (QED) is 0.134. The van der Waals surface area contributed by atoms with Crippen LogP contribution < -0.4 is 0 Å². The van der Waals surface area contributed by atoms with Crippen LogP contribution in [0.1, 0.15) is 89.1 Å². The van der Waals surface area contributed by atoms with Crippen molar-refractivity contribution in [3.63, 3.8) is 0 Å². The van der Waals surface area contributed by atoms with Gasteiger partial charge in [-0.15, -0.1) is 11.3 Å². The minimum absolute atomic E-state index is 0.0122. The van der Waals surface area contributed by atoms with E-state index in [4.69, 9.17) is 44.8 Å². The lowest BCUT2D eigenvalue weighted by molar-refractivity contribution is -0.138. The van der Waals surface area contributed by atoms with E-state index in [1.165, 1.54) is 23.8 Å². The molecule has 344 valence electrons. The first kappa shape index (κ1) is 47.3. The van der Waals surface area contributed by atoms with E-state index >= 15 is 0 Å². The number of rotatable bonds is 10. The summed E-state index contributed by atoms with van der Waals surface area (Å²) in [5, 5.41) is 21.9. The third-order valence-corrected chi connectivity index (χ3v) is 18.2. The molecule has 2 N–H and O–H groups in total. The molecule has 2 atom stereocenters. The summed E-state index contributed by atoms with van der Waals surface area (Å²) in [6.45, 7) is 0.843. The SMILES string of the molecule is CS(=O)(=O)c1cc(Br)c2c(c1)c1c(n2Cc2ccc3c(n2)C=C(Cl)CC3)C(CC(=O)O)CC1.CS(=O)(=O)c1cc(Br)c2c(c1)c1c(n2Cc2ccc3sc(Cl)c(Cl)c3n2)C(CC(=O)O)CC1. The highest BCUT2D eigenvalue weighted by atomic mass is 79.9. The molecule has 0 radical (unpaired) electrons. The van der Waals surface area contributed by atoms with Crippen molar-refractivity contribution in [2.24, 2.45) is 0 Å². The Bertz CT molecular complexity index is 3490. The minimum atomic E-state index is -3.41. The number of carboxylic acids is 2. The number of pyridine rings is 2. The number of sulfone groups is 2. The zero-order chi connectivity index (χ0) is 47.1. The fraction of sp³-hybridized carbons (Fsp3) is 0.304. The molecule has 20 heteroatoms. The second kappa shape index (κ2) is 17.9. The van der Waals surface area contributed by atoms with Crippen molar-refractivity contribution in [1.29, 1.82) is 0 Å². The molecule has 66 heavy (non-hydrogen) atoms. The first-order valence-electron chi connectivity index (χ1n) is 20.8. The van der Waals surface area contributed by atoms with E-state index in [0.717, 1.165) is 96.0 Å². The summed E-state index contributed by atoms with van der Waals surface area (Å²) < 4.78 is 55.9. The van der Waals surface area contributed by atoms with Crippen molar-refractivity contribution in [3.05, 3.63) is 117 Å². The lowest BCUT2D eigenvalue weighted by Crippen LogP contribution is -2.12. The van der Waals surface area contributed by atoms with Crippen LogP contribution in [0.3, 0.4) is 0 Å². The summed E-state index contributed by atoms with van der Waals surface area (Å²) in [5.41, 5.74) is 9.89. The lowest BCUT2D eigenvalue weighted by Gasteiger charge is -2.17. The fourth-order valence-electron chi connectivity index (χ4n) is 9.76. The van der Waals surface area contributed by atoms with Gasteiger partial charge in [-0.2, -0.15) is 0 Å². The van der Waals surface area contributed by atoms with Crippen molar-refractivity contribution >= 4 is 148 Å². The van der Waals surface area contributed by atoms with Crippen LogP contribution in [0.25, 0.3) is 38.1 Å². The Balaban J connectivity index is 0.000000166. The van der Waals surface area contributed by atoms with Crippen molar-refractivity contribution < 1.29 is 36.6 Å². The third-order valence-electron chi connectivity index (χ3n) is 12.6. The standard InChI is InChI=1S/C24H22BrClN2O4S.C22H17BrCl2N2O4S2/c1-33(31,32)17-10-19-18-7-4-14(8-22(29)30)23(18)28(24(19)20(25)11-17)12-16-6-3-13-2-5-15(26)9-21(13)27-16;1-33(30,31)12-7-14-13-4-2-10(6-17(28)29)20(13)27(21(14)15(23)8-12)9-11-3-5-16-19(26-11)18(24)22(25)32-16/h3,6,9-11,14H,2,4-5,7-8,12H2,1H3,(H,29,30);3,5,7-8,10H,2,4,6,9H2,1H3,(H,28,29). The summed E-state index contributed by atoms with van der Waals surface area (Å²) in [7, 11) is -6.81. The first-order valence-corrected chi connectivity index (χ1v) is 28.1. The zero-order valence-electron chi connectivity index (χ0n) is 35.2. The van der Waals surface area contributed by atoms with Gasteiger partial charge in [0.15, 0.2) is 19.7 Å². The highest BCUT2D eigenvalue weighted by Crippen LogP contribution is 2.47. The number of carboxylic acid groups (broad SMARTS) is 2. The molecule has 2 aromatic carbocycles. The van der Waals surface area contributed by atoms with E-state index in [1.807, 2.05) is 24.3 Å².